The smallest absolute Gasteiger partial charge is 0.0716 e. The molecule has 0 amide bonds. The van der Waals surface area contributed by atoms with Gasteiger partial charge in [-0.15, -0.1) is 0 Å². The maximum absolute atomic E-state index is 9.64. The van der Waals surface area contributed by atoms with Gasteiger partial charge in [-0.25, -0.2) is 0 Å². The lowest BCUT2D eigenvalue weighted by molar-refractivity contribution is -0.108. The second kappa shape index (κ2) is 5.19. The molecule has 17 heavy (non-hydrogen) atoms. The lowest BCUT2D eigenvalue weighted by atomic mass is 9.59. The van der Waals surface area contributed by atoms with E-state index in [-0.39, 0.29) is 11.5 Å². The van der Waals surface area contributed by atoms with Crippen LogP contribution in [0.15, 0.2) is 30.3 Å². The van der Waals surface area contributed by atoms with E-state index in [1.165, 1.54) is 5.56 Å². The molecule has 2 heteroatoms. The van der Waals surface area contributed by atoms with Crippen molar-refractivity contribution in [1.29, 1.82) is 0 Å². The van der Waals surface area contributed by atoms with Crippen LogP contribution in [0.2, 0.25) is 0 Å². The first-order chi connectivity index (χ1) is 8.10. The van der Waals surface area contributed by atoms with Crippen LogP contribution < -0.4 is 0 Å². The third-order valence-electron chi connectivity index (χ3n) is 4.14. The molecule has 2 unspecified atom stereocenters. The van der Waals surface area contributed by atoms with Crippen molar-refractivity contribution in [2.24, 2.45) is 11.3 Å². The average molecular weight is 234 g/mol. The van der Waals surface area contributed by atoms with Crippen molar-refractivity contribution in [2.75, 3.05) is 6.61 Å². The molecule has 0 heterocycles. The highest BCUT2D eigenvalue weighted by molar-refractivity contribution is 5.13. The van der Waals surface area contributed by atoms with Gasteiger partial charge in [0.25, 0.3) is 0 Å². The largest absolute Gasteiger partial charge is 0.393 e. The number of hydrogen-bond acceptors (Lipinski definition) is 2. The van der Waals surface area contributed by atoms with E-state index in [0.29, 0.717) is 12.5 Å². The molecule has 1 N–H and O–H groups in total. The Morgan fingerprint density at radius 2 is 2.00 bits per heavy atom. The van der Waals surface area contributed by atoms with Crippen molar-refractivity contribution >= 4 is 0 Å². The van der Waals surface area contributed by atoms with Gasteiger partial charge >= 0.3 is 0 Å². The van der Waals surface area contributed by atoms with Gasteiger partial charge < -0.3 is 9.84 Å². The Labute approximate surface area is 104 Å². The van der Waals surface area contributed by atoms with Gasteiger partial charge in [-0.2, -0.15) is 0 Å². The fraction of sp³-hybridized carbons (Fsp3) is 0.600. The molecule has 2 nitrogen and oxygen atoms in total. The number of ether oxygens (including phenoxy) is 1. The van der Waals surface area contributed by atoms with Crippen LogP contribution in [0.3, 0.4) is 0 Å². The summed E-state index contributed by atoms with van der Waals surface area (Å²) in [5.41, 5.74) is 1.30. The number of rotatable bonds is 5. The zero-order valence-corrected chi connectivity index (χ0v) is 10.7. The second-order valence-corrected chi connectivity index (χ2v) is 5.60. The highest BCUT2D eigenvalue weighted by atomic mass is 16.5. The van der Waals surface area contributed by atoms with Crippen LogP contribution in [0, 0.1) is 11.3 Å². The molecule has 2 atom stereocenters. The van der Waals surface area contributed by atoms with E-state index in [9.17, 15) is 5.11 Å². The molecule has 1 fully saturated rings. The Morgan fingerprint density at radius 3 is 2.59 bits per heavy atom. The summed E-state index contributed by atoms with van der Waals surface area (Å²) in [6, 6.07) is 10.2. The van der Waals surface area contributed by atoms with Gasteiger partial charge in [0, 0.05) is 6.61 Å². The predicted molar refractivity (Wildman–Crippen MR) is 68.6 cm³/mol. The van der Waals surface area contributed by atoms with Crippen molar-refractivity contribution in [3.8, 4) is 0 Å². The van der Waals surface area contributed by atoms with E-state index in [0.717, 1.165) is 19.4 Å². The van der Waals surface area contributed by atoms with Gasteiger partial charge in [-0.3, -0.25) is 0 Å². The molecule has 1 saturated carbocycles. The van der Waals surface area contributed by atoms with Crippen molar-refractivity contribution in [3.63, 3.8) is 0 Å². The molecule has 2 rings (SSSR count). The van der Waals surface area contributed by atoms with Gasteiger partial charge in [-0.05, 0) is 29.7 Å². The molecule has 94 valence electrons. The number of aliphatic hydroxyl groups is 1. The Morgan fingerprint density at radius 1 is 1.29 bits per heavy atom. The third kappa shape index (κ3) is 2.88. The molecule has 1 aliphatic carbocycles. The van der Waals surface area contributed by atoms with E-state index in [1.54, 1.807) is 0 Å². The summed E-state index contributed by atoms with van der Waals surface area (Å²) in [7, 11) is 0. The summed E-state index contributed by atoms with van der Waals surface area (Å²) in [4.78, 5) is 0. The fourth-order valence-electron chi connectivity index (χ4n) is 2.47. The molecule has 0 saturated heterocycles. The molecule has 0 aromatic heterocycles. The first-order valence-electron chi connectivity index (χ1n) is 6.40. The molecule has 1 aromatic carbocycles. The van der Waals surface area contributed by atoms with Gasteiger partial charge in [-0.1, -0.05) is 44.2 Å². The summed E-state index contributed by atoms with van der Waals surface area (Å²) in [5.74, 6) is 0.605. The molecular formula is C15H22O2. The van der Waals surface area contributed by atoms with Crippen LogP contribution in [-0.4, -0.2) is 17.8 Å². The van der Waals surface area contributed by atoms with Gasteiger partial charge in [0.05, 0.1) is 12.7 Å². The van der Waals surface area contributed by atoms with E-state index in [4.69, 9.17) is 4.74 Å². The van der Waals surface area contributed by atoms with Crippen LogP contribution in [0.5, 0.6) is 0 Å². The second-order valence-electron chi connectivity index (χ2n) is 5.60. The molecule has 0 spiro atoms. The third-order valence-corrected chi connectivity index (χ3v) is 4.14. The van der Waals surface area contributed by atoms with Gasteiger partial charge in [0.15, 0.2) is 0 Å². The number of hydrogen-bond donors (Lipinski definition) is 1. The van der Waals surface area contributed by atoms with Crippen molar-refractivity contribution < 1.29 is 9.84 Å². The first-order valence-corrected chi connectivity index (χ1v) is 6.40. The summed E-state index contributed by atoms with van der Waals surface area (Å²) in [6.07, 6.45) is 1.86. The highest BCUT2D eigenvalue weighted by Crippen LogP contribution is 2.47. The molecule has 0 bridgehead atoms. The van der Waals surface area contributed by atoms with E-state index >= 15 is 0 Å². The van der Waals surface area contributed by atoms with Crippen LogP contribution in [0.1, 0.15) is 32.3 Å². The van der Waals surface area contributed by atoms with E-state index < -0.39 is 0 Å². The minimum atomic E-state index is -0.123. The van der Waals surface area contributed by atoms with E-state index in [1.807, 2.05) is 18.2 Å². The zero-order chi connectivity index (χ0) is 12.3. The van der Waals surface area contributed by atoms with E-state index in [2.05, 4.69) is 26.0 Å². The first kappa shape index (κ1) is 12.6. The normalized spacial score (nSPS) is 26.5. The van der Waals surface area contributed by atoms with Crippen LogP contribution in [-0.2, 0) is 11.3 Å². The van der Waals surface area contributed by atoms with Crippen LogP contribution in [0.25, 0.3) is 0 Å². The maximum atomic E-state index is 9.64. The topological polar surface area (TPSA) is 29.5 Å². The molecule has 1 aromatic rings. The van der Waals surface area contributed by atoms with Crippen molar-refractivity contribution in [2.45, 2.75) is 39.4 Å². The summed E-state index contributed by atoms with van der Waals surface area (Å²) >= 11 is 0. The van der Waals surface area contributed by atoms with Gasteiger partial charge in [0.1, 0.15) is 0 Å². The molecule has 0 aliphatic heterocycles. The fourth-order valence-corrected chi connectivity index (χ4v) is 2.47. The SMILES string of the molecule is CC1(C)C(O)CC1CCOCc1ccccc1. The number of aliphatic hydroxyl groups excluding tert-OH is 1. The predicted octanol–water partition coefficient (Wildman–Crippen LogP) is 3.00. The van der Waals surface area contributed by atoms with Crippen molar-refractivity contribution in [3.05, 3.63) is 35.9 Å². The van der Waals surface area contributed by atoms with Crippen LogP contribution in [0.4, 0.5) is 0 Å². The minimum absolute atomic E-state index is 0.0795. The molecular weight excluding hydrogens is 212 g/mol. The Bertz CT molecular complexity index is 345. The standard InChI is InChI=1S/C15H22O2/c1-15(2)13(10-14(15)16)8-9-17-11-12-6-4-3-5-7-12/h3-7,13-14,16H,8-11H2,1-2H3. The summed E-state index contributed by atoms with van der Waals surface area (Å²) in [6.45, 7) is 5.76. The van der Waals surface area contributed by atoms with Crippen molar-refractivity contribution in [1.82, 2.24) is 0 Å². The highest BCUT2D eigenvalue weighted by Gasteiger charge is 2.46. The molecule has 1 aliphatic rings. The maximum Gasteiger partial charge on any atom is 0.0716 e. The Kier molecular flexibility index (Phi) is 3.85. The Balaban J connectivity index is 1.65. The monoisotopic (exact) mass is 234 g/mol. The quantitative estimate of drug-likeness (QED) is 0.794. The molecule has 0 radical (unpaired) electrons. The van der Waals surface area contributed by atoms with Crippen LogP contribution >= 0.6 is 0 Å². The average Bonchev–Trinajstić information content (AvgIpc) is 2.34. The number of benzene rings is 1. The lowest BCUT2D eigenvalue weighted by Gasteiger charge is -2.49. The van der Waals surface area contributed by atoms with Gasteiger partial charge in [0.2, 0.25) is 0 Å². The zero-order valence-electron chi connectivity index (χ0n) is 10.7. The Hall–Kier alpha value is -0.860. The lowest BCUT2D eigenvalue weighted by Crippen LogP contribution is -2.49. The summed E-state index contributed by atoms with van der Waals surface area (Å²) in [5, 5.41) is 9.64. The minimum Gasteiger partial charge on any atom is -0.393 e. The summed E-state index contributed by atoms with van der Waals surface area (Å²) < 4.78 is 5.67.